The summed E-state index contributed by atoms with van der Waals surface area (Å²) in [5.74, 6) is 0.808. The minimum absolute atomic E-state index is 0. The first-order valence-electron chi connectivity index (χ1n) is 12.2. The molecule has 0 radical (unpaired) electrons. The summed E-state index contributed by atoms with van der Waals surface area (Å²) >= 11 is 0. The number of ketones is 2. The van der Waals surface area contributed by atoms with Gasteiger partial charge in [-0.15, -0.1) is 0 Å². The average molecular weight is 557 g/mol. The van der Waals surface area contributed by atoms with Crippen molar-refractivity contribution in [2.45, 2.75) is 18.6 Å². The van der Waals surface area contributed by atoms with Crippen LogP contribution in [0, 0.1) is 0 Å². The van der Waals surface area contributed by atoms with Crippen LogP contribution >= 0.6 is 0 Å². The maximum absolute atomic E-state index is 13.8. The third-order valence-electron chi connectivity index (χ3n) is 6.73. The van der Waals surface area contributed by atoms with Gasteiger partial charge in [0.1, 0.15) is 13.1 Å². The van der Waals surface area contributed by atoms with Gasteiger partial charge in [0, 0.05) is 24.3 Å². The van der Waals surface area contributed by atoms with E-state index in [0.717, 1.165) is 17.0 Å². The Hall–Kier alpha value is -3.61. The number of halogens is 1. The van der Waals surface area contributed by atoms with Crippen molar-refractivity contribution in [2.75, 3.05) is 20.3 Å². The number of ether oxygens (including phenoxy) is 1. The summed E-state index contributed by atoms with van der Waals surface area (Å²) in [6.45, 7) is 1.48. The second kappa shape index (κ2) is 12.1. The summed E-state index contributed by atoms with van der Waals surface area (Å²) in [5.41, 5.74) is 3.18. The van der Waals surface area contributed by atoms with Crippen LogP contribution in [0.2, 0.25) is 0 Å². The molecule has 0 bridgehead atoms. The fraction of sp³-hybridized carbons (Fsp3) is 0.194. The number of carbonyl (C=O) groups is 2. The summed E-state index contributed by atoms with van der Waals surface area (Å²) in [5, 5.41) is 0. The Bertz CT molecular complexity index is 1350. The van der Waals surface area contributed by atoms with Crippen LogP contribution in [-0.2, 0) is 11.3 Å². The van der Waals surface area contributed by atoms with E-state index in [1.54, 1.807) is 19.2 Å². The van der Waals surface area contributed by atoms with Gasteiger partial charge in [-0.3, -0.25) is 9.59 Å². The highest BCUT2D eigenvalue weighted by molar-refractivity contribution is 6.20. The zero-order chi connectivity index (χ0) is 24.9. The zero-order valence-corrected chi connectivity index (χ0v) is 22.3. The SMILES string of the molecule is COCCN1C(/C=C/C=C/c2ccccc2)=[N+](Cc2ccccc2)C2C(=O)c3ccccc3C(=O)C21.[Br-]. The first-order valence-corrected chi connectivity index (χ1v) is 12.2. The number of Topliss-reactive ketones (excluding diaryl/α,β-unsaturated/α-hetero) is 2. The van der Waals surface area contributed by atoms with Crippen LogP contribution in [0.4, 0.5) is 0 Å². The van der Waals surface area contributed by atoms with Gasteiger partial charge in [0.05, 0.1) is 6.61 Å². The molecule has 1 aliphatic carbocycles. The molecule has 0 N–H and O–H groups in total. The molecule has 3 aromatic rings. The van der Waals surface area contributed by atoms with Gasteiger partial charge in [-0.05, 0) is 11.1 Å². The van der Waals surface area contributed by atoms with E-state index in [-0.39, 0.29) is 28.5 Å². The van der Waals surface area contributed by atoms with Crippen molar-refractivity contribution in [3.63, 3.8) is 0 Å². The van der Waals surface area contributed by atoms with Gasteiger partial charge in [-0.1, -0.05) is 103 Å². The molecule has 1 heterocycles. The molecule has 2 unspecified atom stereocenters. The van der Waals surface area contributed by atoms with Gasteiger partial charge >= 0.3 is 0 Å². The molecule has 0 fully saturated rings. The van der Waals surface area contributed by atoms with Gasteiger partial charge < -0.3 is 21.7 Å². The van der Waals surface area contributed by atoms with Crippen LogP contribution in [0.3, 0.4) is 0 Å². The third kappa shape index (κ3) is 5.41. The lowest BCUT2D eigenvalue weighted by atomic mass is 9.82. The average Bonchev–Trinajstić information content (AvgIpc) is 3.22. The van der Waals surface area contributed by atoms with Crippen molar-refractivity contribution < 1.29 is 35.9 Å². The lowest BCUT2D eigenvalue weighted by Crippen LogP contribution is -3.00. The highest BCUT2D eigenvalue weighted by atomic mass is 79.9. The smallest absolute Gasteiger partial charge is 0.273 e. The van der Waals surface area contributed by atoms with Crippen LogP contribution in [0.25, 0.3) is 6.08 Å². The fourth-order valence-electron chi connectivity index (χ4n) is 5.06. The normalized spacial score (nSPS) is 18.9. The van der Waals surface area contributed by atoms with Crippen molar-refractivity contribution in [2.24, 2.45) is 0 Å². The molecule has 0 aromatic heterocycles. The van der Waals surface area contributed by atoms with Gasteiger partial charge in [0.2, 0.25) is 23.7 Å². The Morgan fingerprint density at radius 1 is 0.811 bits per heavy atom. The molecule has 0 spiro atoms. The topological polar surface area (TPSA) is 49.6 Å². The zero-order valence-electron chi connectivity index (χ0n) is 20.7. The molecule has 6 heteroatoms. The van der Waals surface area contributed by atoms with Crippen LogP contribution in [0.1, 0.15) is 31.8 Å². The Balaban J connectivity index is 0.00000320. The van der Waals surface area contributed by atoms with Crippen molar-refractivity contribution in [1.82, 2.24) is 4.90 Å². The second-order valence-corrected chi connectivity index (χ2v) is 8.95. The van der Waals surface area contributed by atoms with Crippen LogP contribution in [0.15, 0.2) is 103 Å². The summed E-state index contributed by atoms with van der Waals surface area (Å²) < 4.78 is 7.47. The molecule has 3 aromatic carbocycles. The van der Waals surface area contributed by atoms with E-state index in [9.17, 15) is 9.59 Å². The van der Waals surface area contributed by atoms with Crippen LogP contribution in [0.5, 0.6) is 0 Å². The summed E-state index contributed by atoms with van der Waals surface area (Å²) in [6.07, 6.45) is 7.99. The highest BCUT2D eigenvalue weighted by Gasteiger charge is 2.57. The van der Waals surface area contributed by atoms with Crippen molar-refractivity contribution in [3.05, 3.63) is 125 Å². The number of benzene rings is 3. The maximum atomic E-state index is 13.8. The van der Waals surface area contributed by atoms with E-state index < -0.39 is 12.1 Å². The Kier molecular flexibility index (Phi) is 8.64. The number of allylic oxidation sites excluding steroid dienone is 2. The molecule has 0 saturated carbocycles. The molecule has 2 atom stereocenters. The maximum Gasteiger partial charge on any atom is 0.273 e. The fourth-order valence-corrected chi connectivity index (χ4v) is 5.06. The number of fused-ring (bicyclic) bond motifs is 2. The van der Waals surface area contributed by atoms with Crippen molar-refractivity contribution >= 4 is 23.5 Å². The number of hydrogen-bond acceptors (Lipinski definition) is 4. The summed E-state index contributed by atoms with van der Waals surface area (Å²) in [7, 11) is 1.65. The van der Waals surface area contributed by atoms with Crippen LogP contribution < -0.4 is 17.0 Å². The molecule has 5 nitrogen and oxygen atoms in total. The standard InChI is InChI=1S/C31H29N2O3.BrH/c1-36-21-20-32-27(19-11-8-14-23-12-4-2-5-13-23)33(22-24-15-6-3-7-16-24)29-28(32)30(34)25-17-9-10-18-26(25)31(29)35;/h2-19,28-29H,20-22H2,1H3;1H/q+1;/p-1/b14-8+,19-11+;. The molecular formula is C31H29BrN2O3. The Morgan fingerprint density at radius 2 is 1.41 bits per heavy atom. The first-order chi connectivity index (χ1) is 17.7. The van der Waals surface area contributed by atoms with Gasteiger partial charge in [-0.2, -0.15) is 0 Å². The lowest BCUT2D eigenvalue weighted by molar-refractivity contribution is -0.557. The lowest BCUT2D eigenvalue weighted by Gasteiger charge is -2.27. The molecule has 188 valence electrons. The van der Waals surface area contributed by atoms with Gasteiger partial charge in [0.15, 0.2) is 0 Å². The molecule has 37 heavy (non-hydrogen) atoms. The second-order valence-electron chi connectivity index (χ2n) is 8.95. The largest absolute Gasteiger partial charge is 1.00 e. The number of amidine groups is 1. The molecule has 2 aliphatic rings. The number of hydrogen-bond donors (Lipinski definition) is 0. The Labute approximate surface area is 228 Å². The molecule has 1 aliphatic heterocycles. The van der Waals surface area contributed by atoms with E-state index >= 15 is 0 Å². The molecule has 0 saturated heterocycles. The minimum Gasteiger partial charge on any atom is -1.00 e. The number of rotatable bonds is 8. The van der Waals surface area contributed by atoms with E-state index in [2.05, 4.69) is 4.58 Å². The van der Waals surface area contributed by atoms with E-state index in [1.165, 1.54) is 0 Å². The van der Waals surface area contributed by atoms with Crippen molar-refractivity contribution in [1.29, 1.82) is 0 Å². The molecule has 5 rings (SSSR count). The van der Waals surface area contributed by atoms with Crippen LogP contribution in [-0.4, -0.2) is 59.2 Å². The molecule has 0 amide bonds. The third-order valence-corrected chi connectivity index (χ3v) is 6.73. The highest BCUT2D eigenvalue weighted by Crippen LogP contribution is 2.32. The number of methoxy groups -OCH3 is 1. The van der Waals surface area contributed by atoms with E-state index in [4.69, 9.17) is 4.74 Å². The van der Waals surface area contributed by atoms with Crippen molar-refractivity contribution in [3.8, 4) is 0 Å². The quantitative estimate of drug-likeness (QED) is 0.313. The number of carbonyl (C=O) groups excluding carboxylic acids is 2. The monoisotopic (exact) mass is 556 g/mol. The Morgan fingerprint density at radius 3 is 2.08 bits per heavy atom. The predicted octanol–water partition coefficient (Wildman–Crippen LogP) is 1.65. The summed E-state index contributed by atoms with van der Waals surface area (Å²) in [6, 6.07) is 26.1. The van der Waals surface area contributed by atoms with E-state index in [1.807, 2.05) is 102 Å². The van der Waals surface area contributed by atoms with Gasteiger partial charge in [0.25, 0.3) is 5.84 Å². The minimum atomic E-state index is -0.595. The summed E-state index contributed by atoms with van der Waals surface area (Å²) in [4.78, 5) is 29.6. The molecular weight excluding hydrogens is 528 g/mol. The van der Waals surface area contributed by atoms with Gasteiger partial charge in [-0.25, -0.2) is 9.48 Å². The first kappa shape index (κ1) is 26.5. The van der Waals surface area contributed by atoms with E-state index in [0.29, 0.717) is 30.8 Å². The number of nitrogens with zero attached hydrogens (tertiary/aromatic N) is 2. The predicted molar refractivity (Wildman–Crippen MR) is 141 cm³/mol.